The summed E-state index contributed by atoms with van der Waals surface area (Å²) in [5.41, 5.74) is 4.11. The molecule has 0 aliphatic heterocycles. The van der Waals surface area contributed by atoms with E-state index in [1.54, 1.807) is 6.92 Å². The summed E-state index contributed by atoms with van der Waals surface area (Å²) in [5, 5.41) is 0. The molecule has 0 aliphatic rings. The first-order valence-corrected chi connectivity index (χ1v) is 15.1. The number of ketones is 1. The Bertz CT molecular complexity index is 809. The fourth-order valence-corrected chi connectivity index (χ4v) is 3.63. The number of rotatable bonds is 24. The third-order valence-corrected chi connectivity index (χ3v) is 6.11. The summed E-state index contributed by atoms with van der Waals surface area (Å²) in [5.74, 6) is 0.260. The van der Waals surface area contributed by atoms with E-state index in [1.807, 2.05) is 0 Å². The van der Waals surface area contributed by atoms with E-state index in [2.05, 4.69) is 75.5 Å². The Morgan fingerprint density at radius 2 is 0.650 bits per heavy atom. The van der Waals surface area contributed by atoms with Crippen LogP contribution < -0.4 is 0 Å². The molecule has 0 aromatic rings. The van der Waals surface area contributed by atoms with Gasteiger partial charge in [0.2, 0.25) is 0 Å². The predicted molar refractivity (Wildman–Crippen MR) is 171 cm³/mol. The number of Topliss-reactive ketones (excluding diaryl/α,β-unsaturated/α-hetero) is 1. The zero-order valence-electron chi connectivity index (χ0n) is 25.9. The molecule has 0 radical (unpaired) electrons. The van der Waals surface area contributed by atoms with Gasteiger partial charge in [-0.2, -0.15) is 0 Å². The average Bonchev–Trinajstić information content (AvgIpc) is 2.92. The molecular formula is C36H56O4. The van der Waals surface area contributed by atoms with E-state index in [-0.39, 0.29) is 5.78 Å². The molecule has 224 valence electrons. The Hall–Kier alpha value is -2.88. The molecule has 0 fully saturated rings. The van der Waals surface area contributed by atoms with Gasteiger partial charge in [-0.25, -0.2) is 0 Å². The van der Waals surface area contributed by atoms with Crippen molar-refractivity contribution in [3.63, 3.8) is 0 Å². The molecule has 0 aliphatic carbocycles. The lowest BCUT2D eigenvalue weighted by atomic mass is 10.0. The summed E-state index contributed by atoms with van der Waals surface area (Å²) in [6.45, 7) is 8.06. The lowest BCUT2D eigenvalue weighted by Gasteiger charge is -2.02. The van der Waals surface area contributed by atoms with Crippen LogP contribution in [0, 0.1) is 0 Å². The number of aldehydes is 3. The Balaban J connectivity index is 0. The number of unbranched alkanes of at least 4 members (excludes halogenated alkanes) is 4. The Morgan fingerprint density at radius 1 is 0.375 bits per heavy atom. The molecule has 0 aromatic carbocycles. The van der Waals surface area contributed by atoms with Crippen molar-refractivity contribution in [1.82, 2.24) is 0 Å². The minimum absolute atomic E-state index is 0.260. The van der Waals surface area contributed by atoms with Crippen LogP contribution in [0.15, 0.2) is 71.4 Å². The van der Waals surface area contributed by atoms with Gasteiger partial charge in [0.15, 0.2) is 0 Å². The normalized spacial score (nSPS) is 12.7. The molecular weight excluding hydrogens is 496 g/mol. The van der Waals surface area contributed by atoms with Crippen LogP contribution in [0.3, 0.4) is 0 Å². The summed E-state index contributed by atoms with van der Waals surface area (Å²) >= 11 is 0. The van der Waals surface area contributed by atoms with Gasteiger partial charge in [0.05, 0.1) is 0 Å². The molecule has 40 heavy (non-hydrogen) atoms. The highest BCUT2D eigenvalue weighted by molar-refractivity contribution is 5.75. The first-order chi connectivity index (χ1) is 19.4. The summed E-state index contributed by atoms with van der Waals surface area (Å²) < 4.78 is 0. The van der Waals surface area contributed by atoms with Crippen LogP contribution in [-0.4, -0.2) is 24.6 Å². The van der Waals surface area contributed by atoms with Crippen LogP contribution in [0.1, 0.15) is 130 Å². The van der Waals surface area contributed by atoms with Gasteiger partial charge < -0.3 is 19.2 Å². The lowest BCUT2D eigenvalue weighted by Crippen LogP contribution is -1.87. The van der Waals surface area contributed by atoms with Crippen molar-refractivity contribution in [2.45, 2.75) is 130 Å². The minimum atomic E-state index is 0.260. The maximum atomic E-state index is 10.9. The first kappa shape index (κ1) is 39.3. The monoisotopic (exact) mass is 552 g/mol. The second kappa shape index (κ2) is 32.3. The lowest BCUT2D eigenvalue weighted by molar-refractivity contribution is -0.117. The molecule has 0 saturated carbocycles. The first-order valence-electron chi connectivity index (χ1n) is 15.1. The summed E-state index contributed by atoms with van der Waals surface area (Å²) in [6, 6.07) is 0. The molecule has 0 spiro atoms. The van der Waals surface area contributed by atoms with E-state index >= 15 is 0 Å². The minimum Gasteiger partial charge on any atom is -0.303 e. The number of hydrogen-bond acceptors (Lipinski definition) is 4. The van der Waals surface area contributed by atoms with Crippen LogP contribution in [-0.2, 0) is 19.2 Å². The van der Waals surface area contributed by atoms with Crippen molar-refractivity contribution < 1.29 is 19.2 Å². The number of hydrogen-bond donors (Lipinski definition) is 0. The van der Waals surface area contributed by atoms with Crippen LogP contribution in [0.5, 0.6) is 0 Å². The molecule has 0 saturated heterocycles. The van der Waals surface area contributed by atoms with Crippen molar-refractivity contribution in [3.8, 4) is 0 Å². The molecule has 0 bridgehead atoms. The van der Waals surface area contributed by atoms with Gasteiger partial charge in [-0.15, -0.1) is 0 Å². The Kier molecular flexibility index (Phi) is 31.7. The van der Waals surface area contributed by atoms with E-state index in [1.165, 1.54) is 16.7 Å². The van der Waals surface area contributed by atoms with Crippen molar-refractivity contribution in [1.29, 1.82) is 0 Å². The molecule has 0 unspecified atom stereocenters. The highest BCUT2D eigenvalue weighted by Crippen LogP contribution is 2.13. The van der Waals surface area contributed by atoms with Crippen molar-refractivity contribution in [3.05, 3.63) is 71.4 Å². The largest absolute Gasteiger partial charge is 0.303 e. The van der Waals surface area contributed by atoms with Gasteiger partial charge >= 0.3 is 0 Å². The smallest absolute Gasteiger partial charge is 0.130 e. The standard InChI is InChI=1S/C20H32O2.C16H24O2/c1-17(10-6-12-19(3)14-8-16-21)9-5-11-18(2)13-7-15-20(4)22;17-15-13-11-9-7-5-3-1-2-4-6-8-10-12-14-16-18/h9,12-13,16H,5-8,10-11,14-15H2,1-4H3;1-2,7-10,15-16H,3-6,11-14H2/b17-9-,18-13-,19-12-;2-1-,9-7-,10-8-. The van der Waals surface area contributed by atoms with Crippen molar-refractivity contribution in [2.75, 3.05) is 0 Å². The van der Waals surface area contributed by atoms with E-state index < -0.39 is 0 Å². The van der Waals surface area contributed by atoms with E-state index in [0.29, 0.717) is 25.7 Å². The summed E-state index contributed by atoms with van der Waals surface area (Å²) in [6.07, 6.45) is 36.9. The van der Waals surface area contributed by atoms with Gasteiger partial charge in [0, 0.05) is 25.7 Å². The van der Waals surface area contributed by atoms with Gasteiger partial charge in [0.1, 0.15) is 24.6 Å². The highest BCUT2D eigenvalue weighted by Gasteiger charge is 1.95. The third kappa shape index (κ3) is 35.1. The van der Waals surface area contributed by atoms with Gasteiger partial charge in [-0.05, 0) is 105 Å². The quantitative estimate of drug-likeness (QED) is 0.0679. The average molecular weight is 553 g/mol. The molecule has 4 nitrogen and oxygen atoms in total. The van der Waals surface area contributed by atoms with Crippen LogP contribution in [0.2, 0.25) is 0 Å². The van der Waals surface area contributed by atoms with E-state index in [4.69, 9.17) is 0 Å². The molecule has 0 aromatic heterocycles. The Morgan fingerprint density at radius 3 is 0.950 bits per heavy atom. The van der Waals surface area contributed by atoms with Crippen molar-refractivity contribution in [2.24, 2.45) is 0 Å². The van der Waals surface area contributed by atoms with E-state index in [9.17, 15) is 19.2 Å². The van der Waals surface area contributed by atoms with Crippen LogP contribution >= 0.6 is 0 Å². The molecule has 0 heterocycles. The van der Waals surface area contributed by atoms with Gasteiger partial charge in [0.25, 0.3) is 0 Å². The van der Waals surface area contributed by atoms with E-state index in [0.717, 1.165) is 95.9 Å². The maximum Gasteiger partial charge on any atom is 0.130 e. The fourth-order valence-electron chi connectivity index (χ4n) is 3.63. The van der Waals surface area contributed by atoms with Gasteiger partial charge in [-0.1, -0.05) is 71.4 Å². The third-order valence-electron chi connectivity index (χ3n) is 6.11. The number of allylic oxidation sites excluding steroid dienone is 12. The summed E-state index contributed by atoms with van der Waals surface area (Å²) in [4.78, 5) is 41.3. The Labute approximate surface area is 245 Å². The topological polar surface area (TPSA) is 68.3 Å². The van der Waals surface area contributed by atoms with Crippen LogP contribution in [0.25, 0.3) is 0 Å². The number of carbonyl (C=O) groups excluding carboxylic acids is 4. The van der Waals surface area contributed by atoms with Crippen molar-refractivity contribution >= 4 is 24.6 Å². The molecule has 0 atom stereocenters. The highest BCUT2D eigenvalue weighted by atomic mass is 16.1. The van der Waals surface area contributed by atoms with Gasteiger partial charge in [-0.3, -0.25) is 0 Å². The molecule has 0 N–H and O–H groups in total. The maximum absolute atomic E-state index is 10.9. The fraction of sp³-hybridized carbons (Fsp3) is 0.556. The second-order valence-electron chi connectivity index (χ2n) is 10.2. The second-order valence-corrected chi connectivity index (χ2v) is 10.2. The molecule has 0 amide bonds. The summed E-state index contributed by atoms with van der Waals surface area (Å²) in [7, 11) is 0. The zero-order valence-corrected chi connectivity index (χ0v) is 25.9. The zero-order chi connectivity index (χ0) is 30.1. The predicted octanol–water partition coefficient (Wildman–Crippen LogP) is 9.91. The van der Waals surface area contributed by atoms with Crippen LogP contribution in [0.4, 0.5) is 0 Å². The number of carbonyl (C=O) groups is 4. The molecule has 0 rings (SSSR count). The molecule has 4 heteroatoms. The SMILES string of the molecule is CC(=O)CC/C=C(/C)CC/C=C(/C)CC/C=C(/C)CCC=O.O=CCC/C=C\CC/C=C\CC/C=C\CCC=O.